The zero-order valence-electron chi connectivity index (χ0n) is 20.6. The van der Waals surface area contributed by atoms with Gasteiger partial charge < -0.3 is 14.6 Å². The summed E-state index contributed by atoms with van der Waals surface area (Å²) in [6.07, 6.45) is 1.72. The molecule has 0 aliphatic carbocycles. The number of nitrogens with zero attached hydrogens (tertiary/aromatic N) is 5. The standard InChI is InChI=1S/C27H23ClN6O3/c1-15-16(2)34(14-29-15)23-13-24(31-18(4)30-23)36-20-11-9-19(10-12-20)32-27(35)25-17(3)37-33-26(25)21-7-5-6-8-22(21)28/h5-14H,1-4H3,(H,32,35). The lowest BCUT2D eigenvalue weighted by Crippen LogP contribution is -2.13. The molecule has 3 aromatic heterocycles. The van der Waals surface area contributed by atoms with Crippen molar-refractivity contribution >= 4 is 23.2 Å². The molecule has 0 radical (unpaired) electrons. The summed E-state index contributed by atoms with van der Waals surface area (Å²) in [7, 11) is 0. The molecule has 0 aliphatic rings. The predicted molar refractivity (Wildman–Crippen MR) is 140 cm³/mol. The van der Waals surface area contributed by atoms with Crippen molar-refractivity contribution in [3.8, 4) is 28.7 Å². The average Bonchev–Trinajstić information content (AvgIpc) is 3.42. The molecule has 0 atom stereocenters. The number of amides is 1. The Bertz CT molecular complexity index is 1610. The molecule has 0 aliphatic heterocycles. The maximum absolute atomic E-state index is 13.1. The lowest BCUT2D eigenvalue weighted by Gasteiger charge is -2.10. The van der Waals surface area contributed by atoms with Crippen LogP contribution in [0.5, 0.6) is 11.6 Å². The van der Waals surface area contributed by atoms with Gasteiger partial charge in [0.2, 0.25) is 5.88 Å². The van der Waals surface area contributed by atoms with Crippen molar-refractivity contribution in [1.82, 2.24) is 24.7 Å². The van der Waals surface area contributed by atoms with E-state index in [0.29, 0.717) is 56.6 Å². The second-order valence-electron chi connectivity index (χ2n) is 8.42. The molecule has 10 heteroatoms. The maximum Gasteiger partial charge on any atom is 0.261 e. The second-order valence-corrected chi connectivity index (χ2v) is 8.83. The third-order valence-corrected chi connectivity index (χ3v) is 6.18. The van der Waals surface area contributed by atoms with E-state index in [0.717, 1.165) is 11.4 Å². The normalized spacial score (nSPS) is 10.9. The number of benzene rings is 2. The van der Waals surface area contributed by atoms with Gasteiger partial charge in [-0.1, -0.05) is 35.0 Å². The first-order valence-electron chi connectivity index (χ1n) is 11.5. The quantitative estimate of drug-likeness (QED) is 0.285. The van der Waals surface area contributed by atoms with Crippen LogP contribution < -0.4 is 10.1 Å². The van der Waals surface area contributed by atoms with Crippen molar-refractivity contribution in [3.63, 3.8) is 0 Å². The average molecular weight is 515 g/mol. The summed E-state index contributed by atoms with van der Waals surface area (Å²) in [6, 6.07) is 15.9. The van der Waals surface area contributed by atoms with Crippen LogP contribution in [-0.2, 0) is 0 Å². The van der Waals surface area contributed by atoms with Crippen LogP contribution in [0.1, 0.15) is 33.3 Å². The predicted octanol–water partition coefficient (Wildman–Crippen LogP) is 6.25. The van der Waals surface area contributed by atoms with E-state index in [-0.39, 0.29) is 5.91 Å². The first kappa shape index (κ1) is 24.2. The molecular formula is C27H23ClN6O3. The number of halogens is 1. The Morgan fingerprint density at radius 1 is 1.03 bits per heavy atom. The van der Waals surface area contributed by atoms with Gasteiger partial charge in [-0.15, -0.1) is 0 Å². The molecule has 5 aromatic rings. The third-order valence-electron chi connectivity index (χ3n) is 5.85. The van der Waals surface area contributed by atoms with Gasteiger partial charge in [-0.05, 0) is 58.0 Å². The van der Waals surface area contributed by atoms with Crippen molar-refractivity contribution in [3.05, 3.63) is 94.5 Å². The highest BCUT2D eigenvalue weighted by Crippen LogP contribution is 2.32. The topological polar surface area (TPSA) is 108 Å². The largest absolute Gasteiger partial charge is 0.439 e. The summed E-state index contributed by atoms with van der Waals surface area (Å²) < 4.78 is 13.2. The van der Waals surface area contributed by atoms with Crippen molar-refractivity contribution in [2.45, 2.75) is 27.7 Å². The summed E-state index contributed by atoms with van der Waals surface area (Å²) in [6.45, 7) is 7.41. The number of carbonyl (C=O) groups excluding carboxylic acids is 1. The Morgan fingerprint density at radius 2 is 1.78 bits per heavy atom. The van der Waals surface area contributed by atoms with E-state index in [9.17, 15) is 4.79 Å². The Labute approximate surface area is 218 Å². The van der Waals surface area contributed by atoms with E-state index < -0.39 is 0 Å². The zero-order chi connectivity index (χ0) is 26.1. The van der Waals surface area contributed by atoms with Gasteiger partial charge in [-0.2, -0.15) is 4.98 Å². The van der Waals surface area contributed by atoms with Crippen molar-refractivity contribution < 1.29 is 14.1 Å². The Balaban J connectivity index is 1.33. The molecular weight excluding hydrogens is 492 g/mol. The number of ether oxygens (including phenoxy) is 1. The lowest BCUT2D eigenvalue weighted by molar-refractivity contribution is 0.102. The Hall–Kier alpha value is -4.50. The minimum absolute atomic E-state index is 0.322. The summed E-state index contributed by atoms with van der Waals surface area (Å²) in [5, 5.41) is 7.42. The summed E-state index contributed by atoms with van der Waals surface area (Å²) in [5.41, 5.74) is 3.82. The Morgan fingerprint density at radius 3 is 2.49 bits per heavy atom. The van der Waals surface area contributed by atoms with Gasteiger partial charge in [0.25, 0.3) is 5.91 Å². The van der Waals surface area contributed by atoms with Crippen molar-refractivity contribution in [2.24, 2.45) is 0 Å². The van der Waals surface area contributed by atoms with Crippen LogP contribution in [0.25, 0.3) is 17.1 Å². The van der Waals surface area contributed by atoms with Gasteiger partial charge in [0.15, 0.2) is 0 Å². The number of anilines is 1. The number of aromatic nitrogens is 5. The van der Waals surface area contributed by atoms with Gasteiger partial charge in [0.1, 0.15) is 40.7 Å². The minimum Gasteiger partial charge on any atom is -0.439 e. The highest BCUT2D eigenvalue weighted by atomic mass is 35.5. The van der Waals surface area contributed by atoms with Gasteiger partial charge in [0.05, 0.1) is 10.7 Å². The highest BCUT2D eigenvalue weighted by Gasteiger charge is 2.23. The van der Waals surface area contributed by atoms with Gasteiger partial charge in [-0.3, -0.25) is 9.36 Å². The zero-order valence-corrected chi connectivity index (χ0v) is 21.4. The maximum atomic E-state index is 13.1. The number of carbonyl (C=O) groups is 1. The SMILES string of the molecule is Cc1nc(Oc2ccc(NC(=O)c3c(-c4ccccc4Cl)noc3C)cc2)cc(-n2cnc(C)c2C)n1. The molecule has 3 heterocycles. The molecule has 0 fully saturated rings. The summed E-state index contributed by atoms with van der Waals surface area (Å²) in [5.74, 6) is 2.23. The number of rotatable bonds is 6. The van der Waals surface area contributed by atoms with Gasteiger partial charge in [0, 0.05) is 23.0 Å². The van der Waals surface area contributed by atoms with Crippen LogP contribution in [0.3, 0.4) is 0 Å². The molecule has 0 saturated heterocycles. The van der Waals surface area contributed by atoms with Crippen molar-refractivity contribution in [1.29, 1.82) is 0 Å². The van der Waals surface area contributed by atoms with E-state index in [2.05, 4.69) is 25.4 Å². The first-order chi connectivity index (χ1) is 17.8. The fourth-order valence-electron chi connectivity index (χ4n) is 3.83. The van der Waals surface area contributed by atoms with Crippen LogP contribution in [0.2, 0.25) is 5.02 Å². The van der Waals surface area contributed by atoms with Crippen molar-refractivity contribution in [2.75, 3.05) is 5.32 Å². The van der Waals surface area contributed by atoms with E-state index in [1.54, 1.807) is 62.6 Å². The molecule has 2 aromatic carbocycles. The second kappa shape index (κ2) is 9.87. The number of hydrogen-bond acceptors (Lipinski definition) is 7. The minimum atomic E-state index is -0.357. The first-order valence-corrected chi connectivity index (χ1v) is 11.8. The van der Waals surface area contributed by atoms with Crippen LogP contribution >= 0.6 is 11.6 Å². The lowest BCUT2D eigenvalue weighted by atomic mass is 10.1. The number of nitrogens with one attached hydrogen (secondary N) is 1. The Kier molecular flexibility index (Phi) is 6.45. The molecule has 0 unspecified atom stereocenters. The number of imidazole rings is 1. The monoisotopic (exact) mass is 514 g/mol. The van der Waals surface area contributed by atoms with Crippen LogP contribution in [0, 0.1) is 27.7 Å². The van der Waals surface area contributed by atoms with Gasteiger partial charge in [-0.25, -0.2) is 9.97 Å². The number of aryl methyl sites for hydroxylation is 3. The fourth-order valence-corrected chi connectivity index (χ4v) is 4.05. The highest BCUT2D eigenvalue weighted by molar-refractivity contribution is 6.33. The van der Waals surface area contributed by atoms with Crippen LogP contribution in [0.15, 0.2) is 65.4 Å². The molecule has 1 amide bonds. The summed E-state index contributed by atoms with van der Waals surface area (Å²) in [4.78, 5) is 26.3. The molecule has 186 valence electrons. The van der Waals surface area contributed by atoms with Gasteiger partial charge >= 0.3 is 0 Å². The van der Waals surface area contributed by atoms with E-state index in [1.165, 1.54) is 0 Å². The molecule has 9 nitrogen and oxygen atoms in total. The smallest absolute Gasteiger partial charge is 0.261 e. The van der Waals surface area contributed by atoms with Crippen LogP contribution in [-0.4, -0.2) is 30.6 Å². The molecule has 0 bridgehead atoms. The van der Waals surface area contributed by atoms with E-state index in [4.69, 9.17) is 20.9 Å². The van der Waals surface area contributed by atoms with E-state index >= 15 is 0 Å². The molecule has 37 heavy (non-hydrogen) atoms. The molecule has 5 rings (SSSR count). The summed E-state index contributed by atoms with van der Waals surface area (Å²) >= 11 is 6.31. The third kappa shape index (κ3) is 4.94. The van der Waals surface area contributed by atoms with Crippen LogP contribution in [0.4, 0.5) is 5.69 Å². The fraction of sp³-hybridized carbons (Fsp3) is 0.148. The molecule has 1 N–H and O–H groups in total. The number of hydrogen-bond donors (Lipinski definition) is 1. The molecule has 0 spiro atoms. The molecule has 0 saturated carbocycles. The van der Waals surface area contributed by atoms with E-state index in [1.807, 2.05) is 30.5 Å².